The van der Waals surface area contributed by atoms with E-state index in [0.29, 0.717) is 36.7 Å². The molecule has 284 valence electrons. The lowest BCUT2D eigenvalue weighted by Gasteiger charge is -2.36. The lowest BCUT2D eigenvalue weighted by atomic mass is 9.87. The van der Waals surface area contributed by atoms with Gasteiger partial charge >= 0.3 is 0 Å². The Morgan fingerprint density at radius 1 is 0.945 bits per heavy atom. The van der Waals surface area contributed by atoms with Crippen LogP contribution >= 0.6 is 0 Å². The second-order valence-electron chi connectivity index (χ2n) is 16.4. The average molecular weight is 751 g/mol. The molecule has 4 aliphatic heterocycles. The van der Waals surface area contributed by atoms with Crippen LogP contribution in [0.15, 0.2) is 42.5 Å². The number of benzene rings is 2. The van der Waals surface area contributed by atoms with E-state index in [-0.39, 0.29) is 36.3 Å². The lowest BCUT2D eigenvalue weighted by molar-refractivity contribution is -0.136. The number of rotatable bonds is 6. The van der Waals surface area contributed by atoms with Crippen LogP contribution in [0.1, 0.15) is 68.5 Å². The Morgan fingerprint density at radius 3 is 2.55 bits per heavy atom. The van der Waals surface area contributed by atoms with E-state index in [1.54, 1.807) is 19.1 Å². The smallest absolute Gasteiger partial charge is 0.262 e. The fourth-order valence-corrected chi connectivity index (χ4v) is 9.77. The number of carbonyl (C=O) groups is 5. The van der Waals surface area contributed by atoms with Crippen LogP contribution in [0.4, 0.5) is 14.5 Å². The summed E-state index contributed by atoms with van der Waals surface area (Å²) in [6, 6.07) is 11.8. The normalized spacial score (nSPS) is 27.4. The van der Waals surface area contributed by atoms with Crippen molar-refractivity contribution in [2.45, 2.75) is 51.0 Å². The maximum atomic E-state index is 14.5. The molecule has 4 fully saturated rings. The predicted octanol–water partition coefficient (Wildman–Crippen LogP) is 3.61. The second-order valence-corrected chi connectivity index (χ2v) is 16.4. The maximum Gasteiger partial charge on any atom is 0.262 e. The summed E-state index contributed by atoms with van der Waals surface area (Å²) in [6.07, 6.45) is 1.75. The van der Waals surface area contributed by atoms with Crippen LogP contribution in [0.2, 0.25) is 0 Å². The van der Waals surface area contributed by atoms with E-state index in [1.165, 1.54) is 0 Å². The first-order valence-electron chi connectivity index (χ1n) is 19.1. The molecular formula is C40H40F2N8O5. The number of amides is 5. The first-order valence-corrected chi connectivity index (χ1v) is 19.1. The van der Waals surface area contributed by atoms with Gasteiger partial charge in [-0.25, -0.2) is 8.78 Å². The van der Waals surface area contributed by atoms with Gasteiger partial charge in [-0.15, -0.1) is 0 Å². The molecule has 1 saturated carbocycles. The number of alkyl halides is 2. The van der Waals surface area contributed by atoms with E-state index >= 15 is 0 Å². The highest BCUT2D eigenvalue weighted by Gasteiger charge is 2.78. The monoisotopic (exact) mass is 750 g/mol. The van der Waals surface area contributed by atoms with Crippen molar-refractivity contribution in [2.24, 2.45) is 17.3 Å². The van der Waals surface area contributed by atoms with Crippen LogP contribution in [0.3, 0.4) is 0 Å². The van der Waals surface area contributed by atoms with Crippen LogP contribution in [0, 0.1) is 17.3 Å². The van der Waals surface area contributed by atoms with E-state index < -0.39 is 46.9 Å². The van der Waals surface area contributed by atoms with Crippen LogP contribution in [0.25, 0.3) is 22.3 Å². The molecule has 2 aromatic carbocycles. The number of H-pyrrole nitrogens is 2. The minimum absolute atomic E-state index is 0.0297. The number of aromatic amines is 2. The number of piperidine rings is 1. The van der Waals surface area contributed by atoms with E-state index in [2.05, 4.69) is 30.3 Å². The molecule has 6 heterocycles. The van der Waals surface area contributed by atoms with Gasteiger partial charge in [-0.2, -0.15) is 5.10 Å². The zero-order valence-electron chi connectivity index (χ0n) is 30.3. The van der Waals surface area contributed by atoms with E-state index in [1.807, 2.05) is 35.2 Å². The molecule has 6 aliphatic rings. The molecule has 2 aliphatic carbocycles. The quantitative estimate of drug-likeness (QED) is 0.253. The summed E-state index contributed by atoms with van der Waals surface area (Å²) in [5.74, 6) is -5.00. The molecule has 0 spiro atoms. The standard InChI is InChI=1S/C40H40F2N8O5/c1-39-18-30-27(17-32(39)40(39,41)42)34(46-45-30)29-14-22-2-3-23(15-28(22)43-29)36(53)48-12-10-47(11-13-48)19-21-8-9-49(20-21)24-4-5-25-26(16-24)38(55)50(37(25)54)31-6-7-33(51)44-35(31)52/h2-5,14-16,21,31-32,43H,6-13,17-20H2,1H3,(H,45,46)(H,44,51,52)/t21-,31?,32+,39-/m1/s1. The van der Waals surface area contributed by atoms with Crippen LogP contribution in [-0.2, 0) is 22.4 Å². The van der Waals surface area contributed by atoms with Gasteiger partial charge < -0.3 is 14.8 Å². The number of nitrogens with zero attached hydrogens (tertiary/aromatic N) is 5. The molecule has 0 radical (unpaired) electrons. The number of piperazine rings is 1. The summed E-state index contributed by atoms with van der Waals surface area (Å²) in [6.45, 7) is 6.87. The Morgan fingerprint density at radius 2 is 1.75 bits per heavy atom. The van der Waals surface area contributed by atoms with Gasteiger partial charge in [0.2, 0.25) is 11.8 Å². The number of aromatic nitrogens is 3. The Bertz CT molecular complexity index is 2350. The van der Waals surface area contributed by atoms with Crippen molar-refractivity contribution in [3.05, 3.63) is 70.4 Å². The number of fused-ring (bicyclic) bond motifs is 4. The minimum atomic E-state index is -2.66. The van der Waals surface area contributed by atoms with Gasteiger partial charge in [0.15, 0.2) is 0 Å². The molecule has 4 atom stereocenters. The van der Waals surface area contributed by atoms with Gasteiger partial charge in [0.05, 0.1) is 16.8 Å². The van der Waals surface area contributed by atoms with Crippen molar-refractivity contribution >= 4 is 46.1 Å². The number of carbonyl (C=O) groups excluding carboxylic acids is 5. The molecule has 0 bridgehead atoms. The first-order chi connectivity index (χ1) is 26.4. The number of nitrogens with one attached hydrogen (secondary N) is 3. The van der Waals surface area contributed by atoms with Crippen molar-refractivity contribution in [3.63, 3.8) is 0 Å². The molecule has 5 amide bonds. The average Bonchev–Trinajstić information content (AvgIpc) is 3.83. The molecule has 3 N–H and O–H groups in total. The van der Waals surface area contributed by atoms with Crippen molar-refractivity contribution < 1.29 is 32.8 Å². The third-order valence-corrected chi connectivity index (χ3v) is 13.2. The molecular weight excluding hydrogens is 710 g/mol. The van der Waals surface area contributed by atoms with Gasteiger partial charge in [0, 0.05) is 103 Å². The van der Waals surface area contributed by atoms with Gasteiger partial charge in [-0.1, -0.05) is 13.0 Å². The fraction of sp³-hybridized carbons (Fsp3) is 0.450. The summed E-state index contributed by atoms with van der Waals surface area (Å²) >= 11 is 0. The topological polar surface area (TPSA) is 155 Å². The number of anilines is 1. The highest BCUT2D eigenvalue weighted by Crippen LogP contribution is 2.70. The van der Waals surface area contributed by atoms with Crippen LogP contribution < -0.4 is 10.2 Å². The molecule has 2 aromatic heterocycles. The van der Waals surface area contributed by atoms with Crippen LogP contribution in [-0.4, -0.2) is 117 Å². The summed E-state index contributed by atoms with van der Waals surface area (Å²) in [7, 11) is 0. The van der Waals surface area contributed by atoms with Crippen molar-refractivity contribution in [3.8, 4) is 11.4 Å². The third-order valence-electron chi connectivity index (χ3n) is 13.2. The minimum Gasteiger partial charge on any atom is -0.371 e. The highest BCUT2D eigenvalue weighted by atomic mass is 19.3. The zero-order valence-corrected chi connectivity index (χ0v) is 30.3. The van der Waals surface area contributed by atoms with Crippen molar-refractivity contribution in [1.82, 2.24) is 35.2 Å². The second kappa shape index (κ2) is 12.0. The predicted molar refractivity (Wildman–Crippen MR) is 196 cm³/mol. The van der Waals surface area contributed by atoms with E-state index in [4.69, 9.17) is 0 Å². The largest absolute Gasteiger partial charge is 0.371 e. The van der Waals surface area contributed by atoms with Gasteiger partial charge in [0.1, 0.15) is 11.7 Å². The summed E-state index contributed by atoms with van der Waals surface area (Å²) in [5.41, 5.74) is 4.85. The fourth-order valence-electron chi connectivity index (χ4n) is 9.77. The Labute approximate surface area is 314 Å². The molecule has 15 heteroatoms. The Balaban J connectivity index is 0.744. The van der Waals surface area contributed by atoms with Gasteiger partial charge in [0.25, 0.3) is 23.6 Å². The SMILES string of the molecule is C[C@@]12Cc3[nH]nc(-c4cc5ccc(C(=O)N6CCN(C[C@H]7CCN(c8ccc9c(c8)C(=O)N(C8CCC(=O)NC8=O)C9=O)C7)CC6)cc5[nH]4)c3C[C@@H]1C2(F)F. The number of hydrogen-bond donors (Lipinski definition) is 3. The van der Waals surface area contributed by atoms with Crippen molar-refractivity contribution in [1.29, 1.82) is 0 Å². The molecule has 13 nitrogen and oxygen atoms in total. The Kier molecular flexibility index (Phi) is 7.45. The first kappa shape index (κ1) is 34.1. The number of halogens is 2. The van der Waals surface area contributed by atoms with Gasteiger partial charge in [-0.3, -0.25) is 44.2 Å². The lowest BCUT2D eigenvalue weighted by Crippen LogP contribution is -2.54. The molecule has 55 heavy (non-hydrogen) atoms. The number of imide groups is 2. The summed E-state index contributed by atoms with van der Waals surface area (Å²) in [4.78, 5) is 75.0. The maximum absolute atomic E-state index is 14.5. The van der Waals surface area contributed by atoms with Crippen LogP contribution in [0.5, 0.6) is 0 Å². The molecule has 4 aromatic rings. The summed E-state index contributed by atoms with van der Waals surface area (Å²) in [5, 5.41) is 10.7. The van der Waals surface area contributed by atoms with Crippen molar-refractivity contribution in [2.75, 3.05) is 50.7 Å². The van der Waals surface area contributed by atoms with E-state index in [9.17, 15) is 32.8 Å². The highest BCUT2D eigenvalue weighted by molar-refractivity contribution is 6.23. The van der Waals surface area contributed by atoms with E-state index in [0.717, 1.165) is 77.6 Å². The summed E-state index contributed by atoms with van der Waals surface area (Å²) < 4.78 is 29.0. The Hall–Kier alpha value is -5.44. The molecule has 1 unspecified atom stereocenters. The third kappa shape index (κ3) is 5.25. The molecule has 10 rings (SSSR count). The zero-order chi connectivity index (χ0) is 38.0. The molecule has 3 saturated heterocycles. The number of hydrogen-bond acceptors (Lipinski definition) is 8. The van der Waals surface area contributed by atoms with Gasteiger partial charge in [-0.05, 0) is 61.6 Å².